The molecule has 0 aliphatic rings. The molecule has 6 heteroatoms. The highest BCUT2D eigenvalue weighted by atomic mass is 32.1. The van der Waals surface area contributed by atoms with Gasteiger partial charge in [-0.15, -0.1) is 11.3 Å². The lowest BCUT2D eigenvalue weighted by atomic mass is 10.3. The van der Waals surface area contributed by atoms with Crippen molar-refractivity contribution in [2.24, 2.45) is 4.99 Å². The van der Waals surface area contributed by atoms with Crippen LogP contribution < -0.4 is 10.6 Å². The maximum Gasteiger partial charge on any atom is 0.191 e. The number of nitrogens with zero attached hydrogens (tertiary/aromatic N) is 2. The van der Waals surface area contributed by atoms with Crippen molar-refractivity contribution in [3.8, 4) is 0 Å². The number of aromatic nitrogens is 1. The topological polar surface area (TPSA) is 49.3 Å². The summed E-state index contributed by atoms with van der Waals surface area (Å²) in [5.74, 6) is 0.851. The van der Waals surface area contributed by atoms with Crippen molar-refractivity contribution in [3.05, 3.63) is 38.0 Å². The zero-order valence-electron chi connectivity index (χ0n) is 12.1. The summed E-state index contributed by atoms with van der Waals surface area (Å²) in [7, 11) is 0. The van der Waals surface area contributed by atoms with Crippen LogP contribution in [0.2, 0.25) is 0 Å². The summed E-state index contributed by atoms with van der Waals surface area (Å²) >= 11 is 3.44. The Balaban J connectivity index is 1.95. The van der Waals surface area contributed by atoms with Gasteiger partial charge in [-0.3, -0.25) is 0 Å². The second-order valence-electron chi connectivity index (χ2n) is 4.42. The van der Waals surface area contributed by atoms with E-state index in [1.54, 1.807) is 22.7 Å². The van der Waals surface area contributed by atoms with E-state index < -0.39 is 0 Å². The molecule has 0 unspecified atom stereocenters. The standard InChI is InChI=1S/C14H20N4S2/c1-4-15-14(16-7-12-5-6-19-9-12)17-8-13-10(2)18-11(3)20-13/h5-6,9H,4,7-8H2,1-3H3,(H2,15,16,17). The summed E-state index contributed by atoms with van der Waals surface area (Å²) in [6.07, 6.45) is 0. The second-order valence-corrected chi connectivity index (χ2v) is 6.49. The molecule has 2 N–H and O–H groups in total. The first-order valence-electron chi connectivity index (χ1n) is 6.65. The molecule has 0 aliphatic heterocycles. The molecule has 0 radical (unpaired) electrons. The Morgan fingerprint density at radius 1 is 1.35 bits per heavy atom. The summed E-state index contributed by atoms with van der Waals surface area (Å²) in [5.41, 5.74) is 2.35. The number of thiazole rings is 1. The number of thiophene rings is 1. The molecule has 0 fully saturated rings. The van der Waals surface area contributed by atoms with Gasteiger partial charge < -0.3 is 10.6 Å². The zero-order valence-corrected chi connectivity index (χ0v) is 13.7. The lowest BCUT2D eigenvalue weighted by Crippen LogP contribution is -2.36. The van der Waals surface area contributed by atoms with Gasteiger partial charge in [-0.05, 0) is 43.2 Å². The SMILES string of the molecule is CCNC(=NCc1ccsc1)NCc1sc(C)nc1C. The first-order chi connectivity index (χ1) is 9.69. The van der Waals surface area contributed by atoms with E-state index in [0.717, 1.165) is 29.8 Å². The predicted molar refractivity (Wildman–Crippen MR) is 87.6 cm³/mol. The van der Waals surface area contributed by atoms with Crippen LogP contribution in [0.5, 0.6) is 0 Å². The second kappa shape index (κ2) is 7.40. The first-order valence-corrected chi connectivity index (χ1v) is 8.41. The molecule has 0 saturated carbocycles. The van der Waals surface area contributed by atoms with E-state index in [9.17, 15) is 0 Å². The lowest BCUT2D eigenvalue weighted by molar-refractivity contribution is 0.819. The van der Waals surface area contributed by atoms with Gasteiger partial charge in [-0.2, -0.15) is 11.3 Å². The van der Waals surface area contributed by atoms with Gasteiger partial charge in [0.15, 0.2) is 5.96 Å². The highest BCUT2D eigenvalue weighted by Crippen LogP contribution is 2.16. The van der Waals surface area contributed by atoms with E-state index in [1.807, 2.05) is 6.92 Å². The van der Waals surface area contributed by atoms with Crippen LogP contribution in [0.15, 0.2) is 21.8 Å². The summed E-state index contributed by atoms with van der Waals surface area (Å²) < 4.78 is 0. The molecule has 20 heavy (non-hydrogen) atoms. The fraction of sp³-hybridized carbons (Fsp3) is 0.429. The smallest absolute Gasteiger partial charge is 0.191 e. The maximum atomic E-state index is 4.59. The van der Waals surface area contributed by atoms with Crippen LogP contribution in [0.1, 0.15) is 28.1 Å². The largest absolute Gasteiger partial charge is 0.357 e. The third kappa shape index (κ3) is 4.31. The Morgan fingerprint density at radius 3 is 2.80 bits per heavy atom. The Hall–Kier alpha value is -1.40. The lowest BCUT2D eigenvalue weighted by Gasteiger charge is -2.10. The molecule has 0 spiro atoms. The molecular formula is C14H20N4S2. The van der Waals surface area contributed by atoms with E-state index in [4.69, 9.17) is 0 Å². The Morgan fingerprint density at radius 2 is 2.20 bits per heavy atom. The number of hydrogen-bond acceptors (Lipinski definition) is 4. The third-order valence-corrected chi connectivity index (χ3v) is 4.56. The van der Waals surface area contributed by atoms with Crippen LogP contribution in [0.3, 0.4) is 0 Å². The van der Waals surface area contributed by atoms with Gasteiger partial charge in [0.1, 0.15) is 0 Å². The minimum atomic E-state index is 0.708. The summed E-state index contributed by atoms with van der Waals surface area (Å²) in [4.78, 5) is 10.3. The molecule has 0 aromatic carbocycles. The number of nitrogens with one attached hydrogen (secondary N) is 2. The zero-order chi connectivity index (χ0) is 14.4. The molecule has 2 heterocycles. The van der Waals surface area contributed by atoms with Crippen molar-refractivity contribution >= 4 is 28.6 Å². The average molecular weight is 308 g/mol. The van der Waals surface area contributed by atoms with Crippen LogP contribution in [0, 0.1) is 13.8 Å². The minimum absolute atomic E-state index is 0.708. The summed E-state index contributed by atoms with van der Waals surface area (Å²) in [6, 6.07) is 2.11. The first kappa shape index (κ1) is 15.0. The predicted octanol–water partition coefficient (Wildman–Crippen LogP) is 3.08. The van der Waals surface area contributed by atoms with Crippen molar-refractivity contribution in [2.75, 3.05) is 6.54 Å². The molecule has 2 rings (SSSR count). The molecule has 0 amide bonds. The monoisotopic (exact) mass is 308 g/mol. The van der Waals surface area contributed by atoms with Crippen LogP contribution in [-0.2, 0) is 13.1 Å². The van der Waals surface area contributed by atoms with Gasteiger partial charge in [0.25, 0.3) is 0 Å². The van der Waals surface area contributed by atoms with Crippen molar-refractivity contribution in [1.29, 1.82) is 0 Å². The number of aryl methyl sites for hydroxylation is 2. The van der Waals surface area contributed by atoms with Crippen molar-refractivity contribution < 1.29 is 0 Å². The molecular weight excluding hydrogens is 288 g/mol. The van der Waals surface area contributed by atoms with Crippen molar-refractivity contribution in [2.45, 2.75) is 33.9 Å². The van der Waals surface area contributed by atoms with E-state index in [-0.39, 0.29) is 0 Å². The number of aliphatic imine (C=N–C) groups is 1. The van der Waals surface area contributed by atoms with Crippen LogP contribution >= 0.6 is 22.7 Å². The van der Waals surface area contributed by atoms with Gasteiger partial charge in [0.2, 0.25) is 0 Å². The molecule has 2 aromatic rings. The summed E-state index contributed by atoms with van der Waals surface area (Å²) in [6.45, 7) is 8.50. The van der Waals surface area contributed by atoms with Gasteiger partial charge in [0, 0.05) is 11.4 Å². The molecule has 0 saturated heterocycles. The van der Waals surface area contributed by atoms with E-state index in [1.165, 1.54) is 10.4 Å². The van der Waals surface area contributed by atoms with Gasteiger partial charge in [-0.1, -0.05) is 0 Å². The van der Waals surface area contributed by atoms with E-state index >= 15 is 0 Å². The highest BCUT2D eigenvalue weighted by molar-refractivity contribution is 7.11. The average Bonchev–Trinajstić information content (AvgIpc) is 3.03. The van der Waals surface area contributed by atoms with Crippen LogP contribution in [0.25, 0.3) is 0 Å². The fourth-order valence-electron chi connectivity index (χ4n) is 1.80. The molecule has 0 bridgehead atoms. The molecule has 0 atom stereocenters. The van der Waals surface area contributed by atoms with Gasteiger partial charge in [-0.25, -0.2) is 9.98 Å². The van der Waals surface area contributed by atoms with Gasteiger partial charge in [0.05, 0.1) is 23.8 Å². The molecule has 4 nitrogen and oxygen atoms in total. The van der Waals surface area contributed by atoms with Crippen LogP contribution in [0.4, 0.5) is 0 Å². The summed E-state index contributed by atoms with van der Waals surface area (Å²) in [5, 5.41) is 12.0. The normalized spacial score (nSPS) is 11.7. The number of rotatable bonds is 5. The number of guanidine groups is 1. The van der Waals surface area contributed by atoms with Crippen molar-refractivity contribution in [3.63, 3.8) is 0 Å². The number of hydrogen-bond donors (Lipinski definition) is 2. The Labute approximate surface area is 128 Å². The Kier molecular flexibility index (Phi) is 5.55. The van der Waals surface area contributed by atoms with Crippen molar-refractivity contribution in [1.82, 2.24) is 15.6 Å². The maximum absolute atomic E-state index is 4.59. The Bertz CT molecular complexity index is 558. The minimum Gasteiger partial charge on any atom is -0.357 e. The fourth-order valence-corrected chi connectivity index (χ4v) is 3.33. The van der Waals surface area contributed by atoms with Gasteiger partial charge >= 0.3 is 0 Å². The quantitative estimate of drug-likeness (QED) is 0.659. The van der Waals surface area contributed by atoms with E-state index in [2.05, 4.69) is 51.3 Å². The van der Waals surface area contributed by atoms with Crippen LogP contribution in [-0.4, -0.2) is 17.5 Å². The molecule has 0 aliphatic carbocycles. The molecule has 2 aromatic heterocycles. The third-order valence-electron chi connectivity index (χ3n) is 2.76. The molecule has 108 valence electrons. The highest BCUT2D eigenvalue weighted by Gasteiger charge is 2.05. The van der Waals surface area contributed by atoms with E-state index in [0.29, 0.717) is 6.54 Å².